The lowest BCUT2D eigenvalue weighted by Crippen LogP contribution is -2.40. The molecule has 0 unspecified atom stereocenters. The van der Waals surface area contributed by atoms with E-state index in [1.165, 1.54) is 0 Å². The number of methoxy groups -OCH3 is 1. The van der Waals surface area contributed by atoms with Crippen molar-refractivity contribution < 1.29 is 19.1 Å². The molecule has 4 rings (SSSR count). The standard InChI is InChI=1S/C26H32N4O4/c1-4-5-12-28(2)26(32)24-22-17-21(33-3)10-11-23(22)30(27-24)18-19-6-8-20(9-7-19)25(31)29-13-15-34-16-14-29/h6-11,17H,4-5,12-16,18H2,1-3H3. The van der Waals surface area contributed by atoms with Gasteiger partial charge in [0.15, 0.2) is 5.69 Å². The molecule has 0 bridgehead atoms. The van der Waals surface area contributed by atoms with E-state index in [4.69, 9.17) is 14.6 Å². The lowest BCUT2D eigenvalue weighted by molar-refractivity contribution is 0.0303. The normalized spacial score (nSPS) is 13.8. The molecule has 3 aromatic rings. The first-order chi connectivity index (χ1) is 16.5. The number of fused-ring (bicyclic) bond motifs is 1. The molecule has 0 N–H and O–H groups in total. The van der Waals surface area contributed by atoms with E-state index in [-0.39, 0.29) is 11.8 Å². The van der Waals surface area contributed by atoms with Gasteiger partial charge in [0, 0.05) is 37.6 Å². The number of carbonyl (C=O) groups excluding carboxylic acids is 2. The fourth-order valence-electron chi connectivity index (χ4n) is 4.12. The molecule has 1 saturated heterocycles. The van der Waals surface area contributed by atoms with Gasteiger partial charge in [0.1, 0.15) is 5.75 Å². The number of amides is 2. The fourth-order valence-corrected chi connectivity index (χ4v) is 4.12. The Kier molecular flexibility index (Phi) is 7.47. The van der Waals surface area contributed by atoms with Crippen molar-refractivity contribution in [3.05, 3.63) is 59.3 Å². The van der Waals surface area contributed by atoms with E-state index in [1.54, 1.807) is 12.0 Å². The lowest BCUT2D eigenvalue weighted by Gasteiger charge is -2.26. The third kappa shape index (κ3) is 5.07. The molecule has 0 aliphatic carbocycles. The number of morpholine rings is 1. The second kappa shape index (κ2) is 10.7. The van der Waals surface area contributed by atoms with Gasteiger partial charge in [-0.2, -0.15) is 5.10 Å². The number of benzene rings is 2. The Bertz CT molecular complexity index is 1150. The molecule has 0 atom stereocenters. The predicted octanol–water partition coefficient (Wildman–Crippen LogP) is 3.44. The van der Waals surface area contributed by atoms with Gasteiger partial charge < -0.3 is 19.3 Å². The van der Waals surface area contributed by atoms with Crippen LogP contribution in [0.25, 0.3) is 10.9 Å². The van der Waals surface area contributed by atoms with E-state index in [9.17, 15) is 9.59 Å². The molecule has 0 saturated carbocycles. The van der Waals surface area contributed by atoms with Gasteiger partial charge in [-0.3, -0.25) is 14.3 Å². The molecule has 1 fully saturated rings. The summed E-state index contributed by atoms with van der Waals surface area (Å²) < 4.78 is 12.6. The minimum atomic E-state index is -0.100. The molecule has 180 valence electrons. The summed E-state index contributed by atoms with van der Waals surface area (Å²) in [6.45, 7) is 5.67. The number of aromatic nitrogens is 2. The first kappa shape index (κ1) is 23.8. The fraction of sp³-hybridized carbons (Fsp3) is 0.423. The summed E-state index contributed by atoms with van der Waals surface area (Å²) in [5, 5.41) is 5.47. The van der Waals surface area contributed by atoms with Gasteiger partial charge in [-0.15, -0.1) is 0 Å². The van der Waals surface area contributed by atoms with Gasteiger partial charge in [-0.1, -0.05) is 25.5 Å². The molecule has 1 aromatic heterocycles. The summed E-state index contributed by atoms with van der Waals surface area (Å²) in [6, 6.07) is 13.3. The zero-order chi connectivity index (χ0) is 24.1. The molecule has 8 nitrogen and oxygen atoms in total. The van der Waals surface area contributed by atoms with E-state index in [2.05, 4.69) is 6.92 Å². The number of hydrogen-bond acceptors (Lipinski definition) is 5. The SMILES string of the molecule is CCCCN(C)C(=O)c1nn(Cc2ccc(C(=O)N3CCOCC3)cc2)c2ccc(OC)cc12. The van der Waals surface area contributed by atoms with Gasteiger partial charge in [-0.25, -0.2) is 0 Å². The minimum Gasteiger partial charge on any atom is -0.497 e. The van der Waals surface area contributed by atoms with Crippen LogP contribution >= 0.6 is 0 Å². The van der Waals surface area contributed by atoms with Crippen LogP contribution in [-0.4, -0.2) is 78.4 Å². The number of hydrogen-bond donors (Lipinski definition) is 0. The Morgan fingerprint density at radius 1 is 1.12 bits per heavy atom. The maximum atomic E-state index is 13.2. The van der Waals surface area contributed by atoms with E-state index in [0.29, 0.717) is 56.4 Å². The molecule has 2 heterocycles. The molecule has 0 spiro atoms. The van der Waals surface area contributed by atoms with Gasteiger partial charge in [0.25, 0.3) is 11.8 Å². The Hall–Kier alpha value is -3.39. The summed E-state index contributed by atoms with van der Waals surface area (Å²) in [6.07, 6.45) is 1.96. The molecule has 2 aromatic carbocycles. The topological polar surface area (TPSA) is 76.9 Å². The van der Waals surface area contributed by atoms with Crippen LogP contribution in [0.15, 0.2) is 42.5 Å². The highest BCUT2D eigenvalue weighted by atomic mass is 16.5. The largest absolute Gasteiger partial charge is 0.497 e. The minimum absolute atomic E-state index is 0.0227. The maximum absolute atomic E-state index is 13.2. The number of unbranched alkanes of at least 4 members (excludes halogenated alkanes) is 1. The molecular weight excluding hydrogens is 432 g/mol. The van der Waals surface area contributed by atoms with Crippen molar-refractivity contribution >= 4 is 22.7 Å². The summed E-state index contributed by atoms with van der Waals surface area (Å²) >= 11 is 0. The Labute approximate surface area is 200 Å². The van der Waals surface area contributed by atoms with Crippen LogP contribution in [0, 0.1) is 0 Å². The third-order valence-corrected chi connectivity index (χ3v) is 6.19. The average Bonchev–Trinajstić information content (AvgIpc) is 3.24. The second-order valence-electron chi connectivity index (χ2n) is 8.57. The van der Waals surface area contributed by atoms with E-state index >= 15 is 0 Å². The molecule has 1 aliphatic rings. The highest BCUT2D eigenvalue weighted by molar-refractivity contribution is 6.05. The Balaban J connectivity index is 1.59. The zero-order valence-electron chi connectivity index (χ0n) is 20.1. The highest BCUT2D eigenvalue weighted by Gasteiger charge is 2.22. The van der Waals surface area contributed by atoms with Crippen molar-refractivity contribution in [3.8, 4) is 5.75 Å². The molecule has 0 radical (unpaired) electrons. The summed E-state index contributed by atoms with van der Waals surface area (Å²) in [4.78, 5) is 29.4. The molecule has 34 heavy (non-hydrogen) atoms. The van der Waals surface area contributed by atoms with Crippen molar-refractivity contribution in [2.75, 3.05) is 47.0 Å². The molecule has 1 aliphatic heterocycles. The van der Waals surface area contributed by atoms with Crippen LogP contribution in [0.1, 0.15) is 46.2 Å². The monoisotopic (exact) mass is 464 g/mol. The van der Waals surface area contributed by atoms with E-state index in [1.807, 2.05) is 59.1 Å². The predicted molar refractivity (Wildman–Crippen MR) is 130 cm³/mol. The zero-order valence-corrected chi connectivity index (χ0v) is 20.1. The number of ether oxygens (including phenoxy) is 2. The number of nitrogens with zero attached hydrogens (tertiary/aromatic N) is 4. The smallest absolute Gasteiger partial charge is 0.274 e. The van der Waals surface area contributed by atoms with Crippen LogP contribution in [0.5, 0.6) is 5.75 Å². The quantitative estimate of drug-likeness (QED) is 0.510. The number of rotatable bonds is 8. The van der Waals surface area contributed by atoms with Crippen LogP contribution in [0.4, 0.5) is 0 Å². The second-order valence-corrected chi connectivity index (χ2v) is 8.57. The van der Waals surface area contributed by atoms with Crippen molar-refractivity contribution in [2.45, 2.75) is 26.3 Å². The van der Waals surface area contributed by atoms with E-state index < -0.39 is 0 Å². The highest BCUT2D eigenvalue weighted by Crippen LogP contribution is 2.26. The molecule has 8 heteroatoms. The summed E-state index contributed by atoms with van der Waals surface area (Å²) in [5.74, 6) is 0.606. The van der Waals surface area contributed by atoms with Gasteiger partial charge in [0.05, 0.1) is 32.4 Å². The summed E-state index contributed by atoms with van der Waals surface area (Å²) in [7, 11) is 3.42. The van der Waals surface area contributed by atoms with E-state index in [0.717, 1.165) is 29.3 Å². The maximum Gasteiger partial charge on any atom is 0.274 e. The van der Waals surface area contributed by atoms with Crippen molar-refractivity contribution in [1.82, 2.24) is 19.6 Å². The van der Waals surface area contributed by atoms with Crippen LogP contribution in [-0.2, 0) is 11.3 Å². The van der Waals surface area contributed by atoms with Crippen LogP contribution < -0.4 is 4.74 Å². The van der Waals surface area contributed by atoms with Crippen molar-refractivity contribution in [1.29, 1.82) is 0 Å². The number of carbonyl (C=O) groups is 2. The third-order valence-electron chi connectivity index (χ3n) is 6.19. The Morgan fingerprint density at radius 2 is 1.85 bits per heavy atom. The van der Waals surface area contributed by atoms with Crippen LogP contribution in [0.2, 0.25) is 0 Å². The first-order valence-corrected chi connectivity index (χ1v) is 11.8. The van der Waals surface area contributed by atoms with Gasteiger partial charge in [-0.05, 0) is 42.3 Å². The van der Waals surface area contributed by atoms with Crippen molar-refractivity contribution in [3.63, 3.8) is 0 Å². The molecular formula is C26H32N4O4. The lowest BCUT2D eigenvalue weighted by atomic mass is 10.1. The van der Waals surface area contributed by atoms with Gasteiger partial charge >= 0.3 is 0 Å². The van der Waals surface area contributed by atoms with Crippen molar-refractivity contribution in [2.24, 2.45) is 0 Å². The summed E-state index contributed by atoms with van der Waals surface area (Å²) in [5.41, 5.74) is 2.94. The first-order valence-electron chi connectivity index (χ1n) is 11.8. The molecule has 2 amide bonds. The van der Waals surface area contributed by atoms with Crippen LogP contribution in [0.3, 0.4) is 0 Å². The Morgan fingerprint density at radius 3 is 2.53 bits per heavy atom. The average molecular weight is 465 g/mol. The van der Waals surface area contributed by atoms with Gasteiger partial charge in [0.2, 0.25) is 0 Å².